The van der Waals surface area contributed by atoms with Crippen LogP contribution >= 0.6 is 0 Å². The molecule has 186 valence electrons. The highest BCUT2D eigenvalue weighted by Gasteiger charge is 2.64. The lowest BCUT2D eigenvalue weighted by Crippen LogP contribution is -2.54. The second-order valence-electron chi connectivity index (χ2n) is 8.97. The zero-order valence-corrected chi connectivity index (χ0v) is 19.7. The molecule has 0 saturated heterocycles. The second kappa shape index (κ2) is 8.35. The van der Waals surface area contributed by atoms with E-state index in [0.29, 0.717) is 16.8 Å². The molecule has 6 rings (SSSR count). The predicted octanol–water partition coefficient (Wildman–Crippen LogP) is 3.96. The summed E-state index contributed by atoms with van der Waals surface area (Å²) in [6.07, 6.45) is 0. The van der Waals surface area contributed by atoms with Crippen LogP contribution in [0.4, 0.5) is 14.5 Å². The fourth-order valence-electron chi connectivity index (χ4n) is 5.37. The van der Waals surface area contributed by atoms with Crippen LogP contribution in [0.3, 0.4) is 0 Å². The summed E-state index contributed by atoms with van der Waals surface area (Å²) in [7, 11) is 1.46. The minimum atomic E-state index is -1.83. The normalized spacial score (nSPS) is 18.2. The summed E-state index contributed by atoms with van der Waals surface area (Å²) in [5, 5.41) is -0.0678. The van der Waals surface area contributed by atoms with Gasteiger partial charge in [-0.25, -0.2) is 8.78 Å². The number of methoxy groups -OCH3 is 1. The van der Waals surface area contributed by atoms with Gasteiger partial charge >= 0.3 is 0 Å². The average molecular weight is 502 g/mol. The number of ether oxygens (including phenoxy) is 1. The molecule has 3 aromatic carbocycles. The first-order valence-corrected chi connectivity index (χ1v) is 11.6. The predicted molar refractivity (Wildman–Crippen MR) is 130 cm³/mol. The summed E-state index contributed by atoms with van der Waals surface area (Å²) < 4.78 is 38.7. The number of carbonyl (C=O) groups excluding carboxylic acids is 2. The molecule has 9 heteroatoms. The fourth-order valence-corrected chi connectivity index (χ4v) is 5.37. The molecule has 1 atom stereocenters. The average Bonchev–Trinajstić information content (AvgIpc) is 3.29. The first kappa shape index (κ1) is 23.1. The number of hydrogen-bond donors (Lipinski definition) is 0. The first-order valence-electron chi connectivity index (χ1n) is 11.6. The van der Waals surface area contributed by atoms with Gasteiger partial charge in [0.2, 0.25) is 5.76 Å². The number of nitrogens with zero attached hydrogens (tertiary/aromatic N) is 2. The number of halogens is 2. The van der Waals surface area contributed by atoms with Crippen molar-refractivity contribution in [3.05, 3.63) is 111 Å². The number of benzene rings is 3. The van der Waals surface area contributed by atoms with Crippen LogP contribution in [0.2, 0.25) is 0 Å². The van der Waals surface area contributed by atoms with Gasteiger partial charge in [-0.2, -0.15) is 0 Å². The Kier molecular flexibility index (Phi) is 5.20. The van der Waals surface area contributed by atoms with Crippen LogP contribution < -0.4 is 10.3 Å². The summed E-state index contributed by atoms with van der Waals surface area (Å²) in [5.41, 5.74) is -1.01. The molecule has 0 saturated carbocycles. The van der Waals surface area contributed by atoms with Gasteiger partial charge in [0.15, 0.2) is 11.0 Å². The number of amides is 2. The molecule has 2 amide bonds. The van der Waals surface area contributed by atoms with Crippen LogP contribution in [-0.2, 0) is 21.6 Å². The van der Waals surface area contributed by atoms with Crippen LogP contribution in [0.5, 0.6) is 0 Å². The molecule has 0 bridgehead atoms. The zero-order valence-electron chi connectivity index (χ0n) is 19.7. The van der Waals surface area contributed by atoms with Gasteiger partial charge in [-0.1, -0.05) is 30.3 Å². The smallest absolute Gasteiger partial charge is 0.291 e. The summed E-state index contributed by atoms with van der Waals surface area (Å²) in [6.45, 7) is 0.165. The standard InChI is InChI=1S/C28H20F2N2O5/c1-36-13-12-32-26(34)25-23(24(33)19-14-18(30)10-11-22(19)37-25)28(32)20-4-2-3-5-21(20)31(27(28)35)15-16-6-8-17(29)9-7-16/h2-11,14H,12-13,15H2,1H3. The highest BCUT2D eigenvalue weighted by Crippen LogP contribution is 2.52. The number of para-hydroxylation sites is 1. The summed E-state index contributed by atoms with van der Waals surface area (Å²) in [6, 6.07) is 16.1. The van der Waals surface area contributed by atoms with E-state index in [0.717, 1.165) is 12.1 Å². The molecule has 4 aromatic rings. The monoisotopic (exact) mass is 502 g/mol. The van der Waals surface area contributed by atoms with E-state index in [-0.39, 0.29) is 42.0 Å². The van der Waals surface area contributed by atoms with E-state index < -0.39 is 34.4 Å². The van der Waals surface area contributed by atoms with Crippen LogP contribution in [0, 0.1) is 11.6 Å². The maximum absolute atomic E-state index is 14.5. The van der Waals surface area contributed by atoms with E-state index in [2.05, 4.69) is 0 Å². The Morgan fingerprint density at radius 2 is 1.68 bits per heavy atom. The Balaban J connectivity index is 1.64. The van der Waals surface area contributed by atoms with Gasteiger partial charge in [-0.3, -0.25) is 14.4 Å². The maximum Gasteiger partial charge on any atom is 0.291 e. The molecule has 37 heavy (non-hydrogen) atoms. The molecule has 1 spiro atoms. The topological polar surface area (TPSA) is 80.1 Å². The van der Waals surface area contributed by atoms with Gasteiger partial charge in [0.1, 0.15) is 17.2 Å². The Labute approximate surface area is 209 Å². The largest absolute Gasteiger partial charge is 0.450 e. The molecule has 0 radical (unpaired) electrons. The van der Waals surface area contributed by atoms with Gasteiger partial charge in [0.25, 0.3) is 11.8 Å². The molecule has 3 heterocycles. The van der Waals surface area contributed by atoms with E-state index in [1.165, 1.54) is 35.1 Å². The third-order valence-corrected chi connectivity index (χ3v) is 6.97. The lowest BCUT2D eigenvalue weighted by atomic mass is 9.84. The van der Waals surface area contributed by atoms with Crippen LogP contribution in [0.15, 0.2) is 75.9 Å². The van der Waals surface area contributed by atoms with E-state index in [1.807, 2.05) is 0 Å². The Hall–Kier alpha value is -4.37. The highest BCUT2D eigenvalue weighted by atomic mass is 19.1. The third kappa shape index (κ3) is 3.17. The molecule has 1 unspecified atom stereocenters. The molecule has 2 aliphatic rings. The van der Waals surface area contributed by atoms with Gasteiger partial charge in [0.05, 0.1) is 29.8 Å². The fraction of sp³-hybridized carbons (Fsp3) is 0.179. The van der Waals surface area contributed by atoms with E-state index in [9.17, 15) is 23.2 Å². The molecular weight excluding hydrogens is 482 g/mol. The second-order valence-corrected chi connectivity index (χ2v) is 8.97. The van der Waals surface area contributed by atoms with E-state index >= 15 is 0 Å². The van der Waals surface area contributed by atoms with Crippen molar-refractivity contribution in [1.29, 1.82) is 0 Å². The molecular formula is C28H20F2N2O5. The maximum atomic E-state index is 14.5. The van der Waals surface area contributed by atoms with Crippen molar-refractivity contribution >= 4 is 28.5 Å². The molecule has 0 aliphatic carbocycles. The molecule has 1 aromatic heterocycles. The Morgan fingerprint density at radius 1 is 0.946 bits per heavy atom. The van der Waals surface area contributed by atoms with Gasteiger partial charge in [0, 0.05) is 19.2 Å². The van der Waals surface area contributed by atoms with Crippen molar-refractivity contribution in [1.82, 2.24) is 4.90 Å². The van der Waals surface area contributed by atoms with Crippen LogP contribution in [0.25, 0.3) is 11.0 Å². The quantitative estimate of drug-likeness (QED) is 0.413. The van der Waals surface area contributed by atoms with Gasteiger partial charge in [-0.05, 0) is 42.0 Å². The number of carbonyl (C=O) groups is 2. The van der Waals surface area contributed by atoms with Gasteiger partial charge < -0.3 is 19.0 Å². The third-order valence-electron chi connectivity index (χ3n) is 6.97. The van der Waals surface area contributed by atoms with Crippen molar-refractivity contribution in [3.8, 4) is 0 Å². The molecule has 7 nitrogen and oxygen atoms in total. The van der Waals surface area contributed by atoms with Gasteiger partial charge in [-0.15, -0.1) is 0 Å². The minimum Gasteiger partial charge on any atom is -0.450 e. The first-order chi connectivity index (χ1) is 17.9. The molecule has 2 aliphatic heterocycles. The number of hydrogen-bond acceptors (Lipinski definition) is 5. The van der Waals surface area contributed by atoms with Crippen molar-refractivity contribution in [3.63, 3.8) is 0 Å². The lowest BCUT2D eigenvalue weighted by Gasteiger charge is -2.34. The van der Waals surface area contributed by atoms with Crippen LogP contribution in [-0.4, -0.2) is 37.0 Å². The van der Waals surface area contributed by atoms with Crippen molar-refractivity contribution < 1.29 is 27.5 Å². The van der Waals surface area contributed by atoms with Crippen molar-refractivity contribution in [2.24, 2.45) is 0 Å². The van der Waals surface area contributed by atoms with Crippen molar-refractivity contribution in [2.45, 2.75) is 12.1 Å². The lowest BCUT2D eigenvalue weighted by molar-refractivity contribution is -0.126. The summed E-state index contributed by atoms with van der Waals surface area (Å²) >= 11 is 0. The number of fused-ring (bicyclic) bond motifs is 5. The SMILES string of the molecule is COCCN1C(=O)c2oc3ccc(F)cc3c(=O)c2C12C(=O)N(Cc1ccc(F)cc1)c1ccccc12. The summed E-state index contributed by atoms with van der Waals surface area (Å²) in [4.78, 5) is 44.9. The zero-order chi connectivity index (χ0) is 25.9. The summed E-state index contributed by atoms with van der Waals surface area (Å²) in [5.74, 6) is -2.49. The highest BCUT2D eigenvalue weighted by molar-refractivity contribution is 6.17. The Bertz CT molecular complexity index is 1650. The van der Waals surface area contributed by atoms with Crippen LogP contribution in [0.1, 0.15) is 27.2 Å². The van der Waals surface area contributed by atoms with Crippen molar-refractivity contribution in [2.75, 3.05) is 25.2 Å². The number of rotatable bonds is 5. The van der Waals surface area contributed by atoms with E-state index in [1.54, 1.807) is 36.4 Å². The minimum absolute atomic E-state index is 0.00581. The molecule has 0 N–H and O–H groups in total. The Morgan fingerprint density at radius 3 is 2.43 bits per heavy atom. The number of anilines is 1. The van der Waals surface area contributed by atoms with E-state index in [4.69, 9.17) is 9.15 Å². The molecule has 0 fully saturated rings.